The molecule has 0 saturated carbocycles. The molecule has 0 bridgehead atoms. The van der Waals surface area contributed by atoms with Crippen LogP contribution in [0.25, 0.3) is 22.4 Å². The molecule has 132 valence electrons. The first-order valence-electron chi connectivity index (χ1n) is 7.96. The molecule has 1 amide bonds. The average Bonchev–Trinajstić information content (AvgIpc) is 2.73. The van der Waals surface area contributed by atoms with Crippen LogP contribution in [0.5, 0.6) is 5.88 Å². The second-order valence-corrected chi connectivity index (χ2v) is 5.47. The molecule has 9 nitrogen and oxygen atoms in total. The van der Waals surface area contributed by atoms with Crippen molar-refractivity contribution < 1.29 is 9.90 Å². The summed E-state index contributed by atoms with van der Waals surface area (Å²) >= 11 is 0. The van der Waals surface area contributed by atoms with Crippen molar-refractivity contribution in [3.63, 3.8) is 0 Å². The molecule has 0 aliphatic rings. The molecule has 0 radical (unpaired) electrons. The minimum Gasteiger partial charge on any atom is -0.492 e. The molecule has 1 aromatic carbocycles. The van der Waals surface area contributed by atoms with Crippen LogP contribution < -0.4 is 10.9 Å². The van der Waals surface area contributed by atoms with E-state index in [-0.39, 0.29) is 11.6 Å². The molecule has 9 heteroatoms. The number of hydrogen-bond donors (Lipinski definition) is 3. The molecular weight excluding hydrogens is 346 g/mol. The van der Waals surface area contributed by atoms with Gasteiger partial charge in [-0.25, -0.2) is 19.9 Å². The van der Waals surface area contributed by atoms with Crippen molar-refractivity contribution >= 4 is 22.9 Å². The van der Waals surface area contributed by atoms with E-state index in [2.05, 4.69) is 35.8 Å². The number of nitrogens with one attached hydrogen (secondary N) is 2. The smallest absolute Gasteiger partial charge is 0.289 e. The van der Waals surface area contributed by atoms with E-state index in [9.17, 15) is 9.90 Å². The van der Waals surface area contributed by atoms with Gasteiger partial charge in [0.05, 0.1) is 6.20 Å². The van der Waals surface area contributed by atoms with Gasteiger partial charge < -0.3 is 5.11 Å². The van der Waals surface area contributed by atoms with Crippen LogP contribution in [-0.4, -0.2) is 35.9 Å². The quantitative estimate of drug-likeness (QED) is 0.472. The summed E-state index contributed by atoms with van der Waals surface area (Å²) in [6.45, 7) is 0. The maximum Gasteiger partial charge on any atom is 0.289 e. The summed E-state index contributed by atoms with van der Waals surface area (Å²) in [4.78, 5) is 32.6. The molecule has 3 heterocycles. The summed E-state index contributed by atoms with van der Waals surface area (Å²) in [7, 11) is 0. The van der Waals surface area contributed by atoms with Crippen LogP contribution in [0.2, 0.25) is 0 Å². The highest BCUT2D eigenvalue weighted by Crippen LogP contribution is 2.27. The van der Waals surface area contributed by atoms with E-state index in [0.717, 1.165) is 5.56 Å². The summed E-state index contributed by atoms with van der Waals surface area (Å²) in [5, 5.41) is 10.1. The minimum absolute atomic E-state index is 0.168. The van der Waals surface area contributed by atoms with Gasteiger partial charge in [-0.3, -0.25) is 20.6 Å². The number of carbonyl (C=O) groups is 1. The van der Waals surface area contributed by atoms with Crippen molar-refractivity contribution in [2.45, 2.75) is 0 Å². The monoisotopic (exact) mass is 359 g/mol. The maximum atomic E-state index is 12.0. The summed E-state index contributed by atoms with van der Waals surface area (Å²) in [5.41, 5.74) is 7.16. The summed E-state index contributed by atoms with van der Waals surface area (Å²) in [6.07, 6.45) is 4.26. The summed E-state index contributed by atoms with van der Waals surface area (Å²) in [6, 6.07) is 12.4. The van der Waals surface area contributed by atoms with Crippen LogP contribution in [0.4, 0.5) is 5.82 Å². The van der Waals surface area contributed by atoms with Crippen LogP contribution in [-0.2, 0) is 0 Å². The van der Waals surface area contributed by atoms with Gasteiger partial charge in [-0.1, -0.05) is 30.3 Å². The lowest BCUT2D eigenvalue weighted by Gasteiger charge is -2.09. The normalized spacial score (nSPS) is 10.5. The van der Waals surface area contributed by atoms with Gasteiger partial charge in [-0.05, 0) is 12.1 Å². The molecule has 0 fully saturated rings. The fourth-order valence-electron chi connectivity index (χ4n) is 2.39. The number of pyridine rings is 1. The van der Waals surface area contributed by atoms with Crippen molar-refractivity contribution in [1.29, 1.82) is 0 Å². The van der Waals surface area contributed by atoms with E-state index in [0.29, 0.717) is 22.7 Å². The molecule has 0 atom stereocenters. The van der Waals surface area contributed by atoms with Crippen molar-refractivity contribution in [3.8, 4) is 17.1 Å². The summed E-state index contributed by atoms with van der Waals surface area (Å²) < 4.78 is 0. The Morgan fingerprint density at radius 3 is 2.59 bits per heavy atom. The first-order chi connectivity index (χ1) is 13.2. The highest BCUT2D eigenvalue weighted by Gasteiger charge is 2.12. The lowest BCUT2D eigenvalue weighted by Crippen LogP contribution is -2.30. The van der Waals surface area contributed by atoms with E-state index in [1.165, 1.54) is 18.6 Å². The zero-order chi connectivity index (χ0) is 18.6. The predicted octanol–water partition coefficient (Wildman–Crippen LogP) is 1.94. The highest BCUT2D eigenvalue weighted by molar-refractivity contribution is 5.92. The number of carbonyl (C=O) groups excluding carboxylic acids is 1. The number of nitrogens with zero attached hydrogens (tertiary/aromatic N) is 5. The number of anilines is 1. The van der Waals surface area contributed by atoms with Crippen molar-refractivity contribution in [2.24, 2.45) is 0 Å². The second-order valence-electron chi connectivity index (χ2n) is 5.47. The fraction of sp³-hybridized carbons (Fsp3) is 0. The molecule has 0 aliphatic carbocycles. The molecule has 0 aliphatic heterocycles. The number of aromatic hydroxyl groups is 1. The Kier molecular flexibility index (Phi) is 4.24. The molecule has 0 spiro atoms. The third-order valence-electron chi connectivity index (χ3n) is 3.66. The number of aromatic nitrogens is 5. The lowest BCUT2D eigenvalue weighted by atomic mass is 10.1. The molecule has 27 heavy (non-hydrogen) atoms. The Morgan fingerprint density at radius 2 is 1.81 bits per heavy atom. The van der Waals surface area contributed by atoms with Gasteiger partial charge in [0.25, 0.3) is 5.91 Å². The van der Waals surface area contributed by atoms with E-state index in [4.69, 9.17) is 0 Å². The number of hydrazine groups is 1. The number of hydrogen-bond acceptors (Lipinski definition) is 8. The van der Waals surface area contributed by atoms with Crippen LogP contribution in [0.1, 0.15) is 10.5 Å². The first-order valence-corrected chi connectivity index (χ1v) is 7.96. The molecule has 3 aromatic heterocycles. The Balaban J connectivity index is 1.60. The standard InChI is InChI=1S/C18H13N7O2/c26-17(13-10-19-8-9-20-13)25-24-14-7-6-12-16(22-14)23-15(18(27)21-12)11-4-2-1-3-5-11/h1-10H,(H,21,27)(H,25,26)(H,22,23,24). The van der Waals surface area contributed by atoms with Gasteiger partial charge in [0.1, 0.15) is 22.7 Å². The zero-order valence-electron chi connectivity index (χ0n) is 13.9. The highest BCUT2D eigenvalue weighted by atomic mass is 16.3. The predicted molar refractivity (Wildman–Crippen MR) is 97.6 cm³/mol. The number of rotatable bonds is 4. The fourth-order valence-corrected chi connectivity index (χ4v) is 2.39. The maximum absolute atomic E-state index is 12.0. The molecule has 4 rings (SSSR count). The van der Waals surface area contributed by atoms with Gasteiger partial charge in [0, 0.05) is 18.0 Å². The summed E-state index contributed by atoms with van der Waals surface area (Å²) in [5.74, 6) is -0.266. The van der Waals surface area contributed by atoms with Crippen LogP contribution in [0, 0.1) is 0 Å². The van der Waals surface area contributed by atoms with Crippen molar-refractivity contribution in [2.75, 3.05) is 5.43 Å². The van der Waals surface area contributed by atoms with Gasteiger partial charge in [0.2, 0.25) is 5.88 Å². The lowest BCUT2D eigenvalue weighted by molar-refractivity contribution is 0.0957. The Hall–Kier alpha value is -4.14. The molecule has 0 unspecified atom stereocenters. The topological polar surface area (TPSA) is 126 Å². The van der Waals surface area contributed by atoms with Gasteiger partial charge in [-0.15, -0.1) is 0 Å². The SMILES string of the molecule is O=C(NNc1ccc2nc(O)c(-c3ccccc3)nc2n1)c1cnccn1. The Morgan fingerprint density at radius 1 is 0.963 bits per heavy atom. The number of benzene rings is 1. The molecule has 4 aromatic rings. The second kappa shape index (κ2) is 7.00. The first kappa shape index (κ1) is 16.3. The van der Waals surface area contributed by atoms with Gasteiger partial charge >= 0.3 is 0 Å². The van der Waals surface area contributed by atoms with Crippen molar-refractivity contribution in [3.05, 3.63) is 66.7 Å². The van der Waals surface area contributed by atoms with E-state index < -0.39 is 5.91 Å². The van der Waals surface area contributed by atoms with Crippen molar-refractivity contribution in [1.82, 2.24) is 30.3 Å². The third kappa shape index (κ3) is 3.47. The zero-order valence-corrected chi connectivity index (χ0v) is 13.9. The van der Waals surface area contributed by atoms with Crippen LogP contribution in [0.3, 0.4) is 0 Å². The molecule has 0 saturated heterocycles. The van der Waals surface area contributed by atoms with Gasteiger partial charge in [-0.2, -0.15) is 0 Å². The average molecular weight is 359 g/mol. The number of amides is 1. The van der Waals surface area contributed by atoms with E-state index in [1.807, 2.05) is 30.3 Å². The number of fused-ring (bicyclic) bond motifs is 1. The van der Waals surface area contributed by atoms with E-state index in [1.54, 1.807) is 12.1 Å². The minimum atomic E-state index is -0.452. The van der Waals surface area contributed by atoms with Gasteiger partial charge in [0.15, 0.2) is 5.65 Å². The van der Waals surface area contributed by atoms with E-state index >= 15 is 0 Å². The van der Waals surface area contributed by atoms with Crippen LogP contribution in [0.15, 0.2) is 61.1 Å². The molecular formula is C18H13N7O2. The molecule has 3 N–H and O–H groups in total. The Labute approximate surface area is 153 Å². The van der Waals surface area contributed by atoms with Crippen LogP contribution >= 0.6 is 0 Å². The Bertz CT molecular complexity index is 1100. The largest absolute Gasteiger partial charge is 0.492 e. The third-order valence-corrected chi connectivity index (χ3v) is 3.66.